The third-order valence-corrected chi connectivity index (χ3v) is 7.29. The highest BCUT2D eigenvalue weighted by Crippen LogP contribution is 2.45. The Bertz CT molecular complexity index is 1230. The Morgan fingerprint density at radius 3 is 2.97 bits per heavy atom. The number of carbonyl (C=O) groups is 1. The van der Waals surface area contributed by atoms with Crippen molar-refractivity contribution in [1.82, 2.24) is 15.2 Å². The second kappa shape index (κ2) is 8.68. The topological polar surface area (TPSA) is 79.1 Å². The van der Waals surface area contributed by atoms with E-state index in [1.165, 1.54) is 11.3 Å². The van der Waals surface area contributed by atoms with Crippen molar-refractivity contribution in [3.05, 3.63) is 57.3 Å². The van der Waals surface area contributed by atoms with Crippen molar-refractivity contribution in [2.75, 3.05) is 32.7 Å². The van der Waals surface area contributed by atoms with Crippen LogP contribution in [0, 0.1) is 6.57 Å². The molecule has 1 fully saturated rings. The van der Waals surface area contributed by atoms with Gasteiger partial charge in [0.05, 0.1) is 10.2 Å². The molecule has 2 N–H and O–H groups in total. The second-order valence-electron chi connectivity index (χ2n) is 7.91. The number of hydrogen-bond acceptors (Lipinski definition) is 6. The van der Waals surface area contributed by atoms with Gasteiger partial charge in [-0.25, -0.2) is 6.57 Å². The van der Waals surface area contributed by atoms with E-state index in [1.54, 1.807) is 6.20 Å². The van der Waals surface area contributed by atoms with Crippen molar-refractivity contribution in [2.45, 2.75) is 18.6 Å². The molecule has 2 aromatic heterocycles. The van der Waals surface area contributed by atoms with Gasteiger partial charge < -0.3 is 24.9 Å². The number of thiophene rings is 1. The van der Waals surface area contributed by atoms with Gasteiger partial charge in [-0.15, -0.1) is 11.3 Å². The molecule has 2 atom stereocenters. The predicted octanol–water partition coefficient (Wildman–Crippen LogP) is 3.30. The molecular weight excluding hydrogens is 448 g/mol. The summed E-state index contributed by atoms with van der Waals surface area (Å²) in [6, 6.07) is 7.43. The molecule has 1 amide bonds. The van der Waals surface area contributed by atoms with Crippen molar-refractivity contribution in [2.24, 2.45) is 0 Å². The number of nitrogens with one attached hydrogen (secondary N) is 1. The third-order valence-electron chi connectivity index (χ3n) is 5.81. The molecule has 0 saturated carbocycles. The van der Waals surface area contributed by atoms with Crippen LogP contribution in [0.3, 0.4) is 0 Å². The first-order valence-electron chi connectivity index (χ1n) is 10.4. The highest BCUT2D eigenvalue weighted by atomic mass is 35.5. The van der Waals surface area contributed by atoms with E-state index in [9.17, 15) is 9.90 Å². The van der Waals surface area contributed by atoms with Crippen molar-refractivity contribution in [1.29, 1.82) is 0 Å². The lowest BCUT2D eigenvalue weighted by atomic mass is 10.0. The zero-order valence-corrected chi connectivity index (χ0v) is 18.7. The molecule has 5 rings (SSSR count). The molecule has 2 aliphatic heterocycles. The molecule has 9 heteroatoms. The maximum Gasteiger partial charge on any atom is 0.264 e. The van der Waals surface area contributed by atoms with E-state index in [1.807, 2.05) is 29.2 Å². The normalized spacial score (nSPS) is 18.8. The van der Waals surface area contributed by atoms with Crippen molar-refractivity contribution in [3.8, 4) is 16.9 Å². The summed E-state index contributed by atoms with van der Waals surface area (Å²) >= 11 is 7.87. The smallest absolute Gasteiger partial charge is 0.264 e. The first-order valence-corrected chi connectivity index (χ1v) is 11.6. The summed E-state index contributed by atoms with van der Waals surface area (Å²) in [6.45, 7) is 9.96. The Labute approximate surface area is 194 Å². The van der Waals surface area contributed by atoms with Crippen molar-refractivity contribution in [3.63, 3.8) is 0 Å². The number of aliphatic hydroxyl groups is 1. The minimum absolute atomic E-state index is 0.00493. The van der Waals surface area contributed by atoms with E-state index in [4.69, 9.17) is 22.9 Å². The van der Waals surface area contributed by atoms with E-state index >= 15 is 0 Å². The minimum atomic E-state index is -0.845. The van der Waals surface area contributed by atoms with Gasteiger partial charge in [-0.3, -0.25) is 9.78 Å². The Kier molecular flexibility index (Phi) is 5.74. The quantitative estimate of drug-likeness (QED) is 0.574. The molecule has 0 aliphatic carbocycles. The number of benzene rings is 1. The van der Waals surface area contributed by atoms with Crippen LogP contribution in [-0.4, -0.2) is 59.7 Å². The summed E-state index contributed by atoms with van der Waals surface area (Å²) in [5.41, 5.74) is 3.35. The maximum absolute atomic E-state index is 13.0. The number of amides is 1. The molecule has 0 bridgehead atoms. The number of halogens is 1. The number of rotatable bonds is 4. The number of aliphatic hydroxyl groups excluding tert-OH is 1. The lowest BCUT2D eigenvalue weighted by molar-refractivity contribution is -0.138. The number of pyridine rings is 1. The van der Waals surface area contributed by atoms with Crippen molar-refractivity contribution >= 4 is 39.1 Å². The maximum atomic E-state index is 13.0. The van der Waals surface area contributed by atoms with Crippen LogP contribution < -0.4 is 10.1 Å². The average Bonchev–Trinajstić information content (AvgIpc) is 3.43. The number of fused-ring (bicyclic) bond motifs is 2. The van der Waals surface area contributed by atoms with E-state index in [0.717, 1.165) is 40.0 Å². The van der Waals surface area contributed by atoms with Gasteiger partial charge in [0.25, 0.3) is 5.91 Å². The molecule has 2 aliphatic rings. The van der Waals surface area contributed by atoms with Crippen LogP contribution in [0.5, 0.6) is 5.75 Å². The van der Waals surface area contributed by atoms with Gasteiger partial charge in [-0.1, -0.05) is 11.6 Å². The summed E-state index contributed by atoms with van der Waals surface area (Å²) in [6.07, 6.45) is 0.791. The van der Waals surface area contributed by atoms with Gasteiger partial charge in [0.1, 0.15) is 5.75 Å². The Hall–Kier alpha value is -2.70. The summed E-state index contributed by atoms with van der Waals surface area (Å²) in [4.78, 5) is 23.3. The van der Waals surface area contributed by atoms with Crippen LogP contribution in [0.4, 0.5) is 0 Å². The molecule has 4 heterocycles. The number of nitrogens with zero attached hydrogens (tertiary/aromatic N) is 3. The summed E-state index contributed by atoms with van der Waals surface area (Å²) < 4.78 is 7.11. The zero-order valence-electron chi connectivity index (χ0n) is 17.2. The summed E-state index contributed by atoms with van der Waals surface area (Å²) in [5, 5.41) is 14.1. The molecule has 0 radical (unpaired) electrons. The van der Waals surface area contributed by atoms with E-state index in [-0.39, 0.29) is 12.5 Å². The number of aromatic nitrogens is 1. The molecule has 3 aromatic rings. The van der Waals surface area contributed by atoms with Crippen LogP contribution in [0.15, 0.2) is 30.5 Å². The molecular formula is C23H21ClN4O3S. The Morgan fingerprint density at radius 2 is 2.19 bits per heavy atom. The Morgan fingerprint density at radius 1 is 1.38 bits per heavy atom. The first-order chi connectivity index (χ1) is 15.5. The summed E-state index contributed by atoms with van der Waals surface area (Å²) in [7, 11) is 0. The molecule has 32 heavy (non-hydrogen) atoms. The fourth-order valence-corrected chi connectivity index (χ4v) is 5.62. The van der Waals surface area contributed by atoms with Gasteiger partial charge in [0, 0.05) is 65.4 Å². The van der Waals surface area contributed by atoms with Crippen LogP contribution in [-0.2, 0) is 11.2 Å². The average molecular weight is 469 g/mol. The van der Waals surface area contributed by atoms with Gasteiger partial charge in [-0.05, 0) is 24.3 Å². The van der Waals surface area contributed by atoms with Gasteiger partial charge in [0.15, 0.2) is 12.2 Å². The van der Waals surface area contributed by atoms with Crippen molar-refractivity contribution < 1.29 is 14.6 Å². The van der Waals surface area contributed by atoms with Gasteiger partial charge >= 0.3 is 0 Å². The van der Waals surface area contributed by atoms with Gasteiger partial charge in [0.2, 0.25) is 6.54 Å². The fraction of sp³-hybridized carbons (Fsp3) is 0.348. The molecule has 0 spiro atoms. The van der Waals surface area contributed by atoms with Crippen LogP contribution in [0.2, 0.25) is 5.02 Å². The molecule has 1 unspecified atom stereocenters. The van der Waals surface area contributed by atoms with E-state index < -0.39 is 12.2 Å². The van der Waals surface area contributed by atoms with E-state index in [0.29, 0.717) is 35.2 Å². The minimum Gasteiger partial charge on any atom is -0.479 e. The molecule has 7 nitrogen and oxygen atoms in total. The van der Waals surface area contributed by atoms with E-state index in [2.05, 4.69) is 15.1 Å². The summed E-state index contributed by atoms with van der Waals surface area (Å²) in [5.74, 6) is 0.678. The monoisotopic (exact) mass is 468 g/mol. The lowest BCUT2D eigenvalue weighted by Gasteiger charge is -2.29. The highest BCUT2D eigenvalue weighted by Gasteiger charge is 2.35. The predicted molar refractivity (Wildman–Crippen MR) is 124 cm³/mol. The highest BCUT2D eigenvalue weighted by molar-refractivity contribution is 7.19. The standard InChI is InChI=1S/C23H21ClN4O3S/c1-25-12-18(29)20-11-17-22(32-20)15(2-3-27-17)16-10-14(24)8-13-9-19(31-21(13)16)23(30)28-6-4-26-5-7-28/h2-3,8,10-11,18-19,26,29H,4-7,9,12H2/t18?,19-/m1/s1. The second-order valence-corrected chi connectivity index (χ2v) is 9.43. The Balaban J connectivity index is 1.52. The largest absolute Gasteiger partial charge is 0.479 e. The van der Waals surface area contributed by atoms with Crippen LogP contribution in [0.1, 0.15) is 16.5 Å². The number of carbonyl (C=O) groups excluding carboxylic acids is 1. The third kappa shape index (κ3) is 3.82. The zero-order chi connectivity index (χ0) is 22.2. The number of ether oxygens (including phenoxy) is 1. The fourth-order valence-electron chi connectivity index (χ4n) is 4.26. The lowest BCUT2D eigenvalue weighted by Crippen LogP contribution is -2.50. The van der Waals surface area contributed by atoms with Crippen LogP contribution in [0.25, 0.3) is 26.2 Å². The number of hydrogen-bond donors (Lipinski definition) is 2. The first kappa shape index (κ1) is 21.2. The molecule has 1 saturated heterocycles. The molecule has 164 valence electrons. The SMILES string of the molecule is [C-]#[N+]CC(O)c1cc2nccc(-c3cc(Cl)cc4c3O[C@@H](C(=O)N3CCNCC3)C4)c2s1. The van der Waals surface area contributed by atoms with Crippen LogP contribution >= 0.6 is 22.9 Å². The van der Waals surface area contributed by atoms with Gasteiger partial charge in [-0.2, -0.15) is 0 Å². The molecule has 1 aromatic carbocycles. The number of piperazine rings is 1.